The Morgan fingerprint density at radius 3 is 2.29 bits per heavy atom. The third-order valence-corrected chi connectivity index (χ3v) is 2.25. The third kappa shape index (κ3) is 3.57. The van der Waals surface area contributed by atoms with Crippen LogP contribution in [0.1, 0.15) is 10.4 Å². The second kappa shape index (κ2) is 6.00. The quantitative estimate of drug-likeness (QED) is 0.559. The average Bonchev–Trinajstić information content (AvgIpc) is 2.35. The van der Waals surface area contributed by atoms with Gasteiger partial charge in [0.1, 0.15) is 0 Å². The molecule has 0 aliphatic rings. The van der Waals surface area contributed by atoms with Gasteiger partial charge in [0.05, 0.1) is 6.61 Å². The van der Waals surface area contributed by atoms with Crippen molar-refractivity contribution < 1.29 is 14.7 Å². The standard InChI is InChI=1S/C12H16N2O3/c1-14(2)10-5-3-9(4-6-10)11(16)12(17)13-7-8-15/h3-6,15H,7-8H2,1-2H3,(H,13,17). The van der Waals surface area contributed by atoms with Crippen molar-refractivity contribution in [2.75, 3.05) is 32.1 Å². The summed E-state index contributed by atoms with van der Waals surface area (Å²) in [6.45, 7) is -0.0983. The maximum atomic E-state index is 11.6. The number of rotatable bonds is 5. The third-order valence-electron chi connectivity index (χ3n) is 2.25. The summed E-state index contributed by atoms with van der Waals surface area (Å²) in [5.74, 6) is -1.29. The van der Waals surface area contributed by atoms with Gasteiger partial charge in [-0.25, -0.2) is 0 Å². The topological polar surface area (TPSA) is 69.6 Å². The van der Waals surface area contributed by atoms with Crippen molar-refractivity contribution in [1.82, 2.24) is 5.32 Å². The molecule has 0 fully saturated rings. The molecule has 2 N–H and O–H groups in total. The van der Waals surface area contributed by atoms with E-state index in [4.69, 9.17) is 5.11 Å². The lowest BCUT2D eigenvalue weighted by molar-refractivity contribution is -0.117. The number of carbonyl (C=O) groups is 2. The molecule has 1 aromatic carbocycles. The average molecular weight is 236 g/mol. The predicted molar refractivity (Wildman–Crippen MR) is 65.2 cm³/mol. The highest BCUT2D eigenvalue weighted by atomic mass is 16.3. The molecule has 0 saturated carbocycles. The fraction of sp³-hybridized carbons (Fsp3) is 0.333. The first kappa shape index (κ1) is 13.2. The van der Waals surface area contributed by atoms with E-state index in [2.05, 4.69) is 5.32 Å². The summed E-state index contributed by atoms with van der Waals surface area (Å²) in [6.07, 6.45) is 0. The highest BCUT2D eigenvalue weighted by Crippen LogP contribution is 2.12. The number of amides is 1. The molecule has 0 spiro atoms. The van der Waals surface area contributed by atoms with Crippen molar-refractivity contribution in [3.05, 3.63) is 29.8 Å². The van der Waals surface area contributed by atoms with Crippen molar-refractivity contribution in [1.29, 1.82) is 0 Å². The van der Waals surface area contributed by atoms with Gasteiger partial charge < -0.3 is 15.3 Å². The van der Waals surface area contributed by atoms with E-state index in [1.165, 1.54) is 0 Å². The number of aliphatic hydroxyl groups is 1. The number of aliphatic hydroxyl groups excluding tert-OH is 1. The first-order valence-electron chi connectivity index (χ1n) is 5.27. The molecular formula is C12H16N2O3. The van der Waals surface area contributed by atoms with Gasteiger partial charge in [-0.2, -0.15) is 0 Å². The summed E-state index contributed by atoms with van der Waals surface area (Å²) in [6, 6.07) is 6.76. The molecular weight excluding hydrogens is 220 g/mol. The van der Waals surface area contributed by atoms with Crippen LogP contribution in [-0.4, -0.2) is 44.0 Å². The second-order valence-corrected chi connectivity index (χ2v) is 3.75. The van der Waals surface area contributed by atoms with Gasteiger partial charge in [-0.15, -0.1) is 0 Å². The first-order valence-corrected chi connectivity index (χ1v) is 5.27. The Bertz CT molecular complexity index is 399. The number of Topliss-reactive ketones (excluding diaryl/α,β-unsaturated/α-hetero) is 1. The molecule has 5 nitrogen and oxygen atoms in total. The smallest absolute Gasteiger partial charge is 0.292 e. The van der Waals surface area contributed by atoms with Gasteiger partial charge in [0.25, 0.3) is 5.91 Å². The van der Waals surface area contributed by atoms with Gasteiger partial charge in [0.15, 0.2) is 0 Å². The summed E-state index contributed by atoms with van der Waals surface area (Å²) in [5, 5.41) is 10.9. The highest BCUT2D eigenvalue weighted by Gasteiger charge is 2.15. The van der Waals surface area contributed by atoms with Crippen LogP contribution in [-0.2, 0) is 4.79 Å². The van der Waals surface area contributed by atoms with Crippen LogP contribution in [0.25, 0.3) is 0 Å². The van der Waals surface area contributed by atoms with Gasteiger partial charge in [-0.1, -0.05) is 0 Å². The lowest BCUT2D eigenvalue weighted by Gasteiger charge is -2.12. The molecule has 0 heterocycles. The largest absolute Gasteiger partial charge is 0.395 e. The van der Waals surface area contributed by atoms with Crippen LogP contribution in [0.3, 0.4) is 0 Å². The molecule has 0 radical (unpaired) electrons. The van der Waals surface area contributed by atoms with Gasteiger partial charge in [0, 0.05) is 31.9 Å². The van der Waals surface area contributed by atoms with Gasteiger partial charge in [-0.3, -0.25) is 9.59 Å². The fourth-order valence-electron chi connectivity index (χ4n) is 1.29. The van der Waals surface area contributed by atoms with Gasteiger partial charge >= 0.3 is 0 Å². The number of carbonyl (C=O) groups excluding carboxylic acids is 2. The molecule has 5 heteroatoms. The Morgan fingerprint density at radius 1 is 1.24 bits per heavy atom. The number of benzene rings is 1. The number of nitrogens with one attached hydrogen (secondary N) is 1. The van der Waals surface area contributed by atoms with E-state index in [-0.39, 0.29) is 13.2 Å². The predicted octanol–water partition coefficient (Wildman–Crippen LogP) is 0.0438. The summed E-state index contributed by atoms with van der Waals surface area (Å²) in [4.78, 5) is 24.9. The van der Waals surface area contributed by atoms with E-state index in [1.54, 1.807) is 24.3 Å². The molecule has 0 unspecified atom stereocenters. The van der Waals surface area contributed by atoms with Crippen molar-refractivity contribution >= 4 is 17.4 Å². The Balaban J connectivity index is 2.72. The SMILES string of the molecule is CN(C)c1ccc(C(=O)C(=O)NCCO)cc1. The van der Waals surface area contributed by atoms with Crippen LogP contribution in [0.4, 0.5) is 5.69 Å². The van der Waals surface area contributed by atoms with Crippen molar-refractivity contribution in [2.45, 2.75) is 0 Å². The van der Waals surface area contributed by atoms with Crippen LogP contribution in [0.5, 0.6) is 0 Å². The minimum atomic E-state index is -0.698. The van der Waals surface area contributed by atoms with E-state index in [0.29, 0.717) is 5.56 Å². The summed E-state index contributed by atoms with van der Waals surface area (Å²) >= 11 is 0. The van der Waals surface area contributed by atoms with Crippen LogP contribution in [0.2, 0.25) is 0 Å². The Morgan fingerprint density at radius 2 is 1.82 bits per heavy atom. The molecule has 0 aliphatic carbocycles. The molecule has 0 aliphatic heterocycles. The van der Waals surface area contributed by atoms with E-state index < -0.39 is 11.7 Å². The molecule has 0 atom stereocenters. The molecule has 1 amide bonds. The van der Waals surface area contributed by atoms with E-state index in [1.807, 2.05) is 19.0 Å². The molecule has 0 saturated heterocycles. The van der Waals surface area contributed by atoms with Crippen LogP contribution < -0.4 is 10.2 Å². The maximum absolute atomic E-state index is 11.6. The van der Waals surface area contributed by atoms with Crippen LogP contribution >= 0.6 is 0 Å². The van der Waals surface area contributed by atoms with Gasteiger partial charge in [-0.05, 0) is 24.3 Å². The zero-order valence-corrected chi connectivity index (χ0v) is 9.93. The Labute approximate surface area is 100 Å². The maximum Gasteiger partial charge on any atom is 0.292 e. The van der Waals surface area contributed by atoms with E-state index in [9.17, 15) is 9.59 Å². The van der Waals surface area contributed by atoms with Crippen LogP contribution in [0.15, 0.2) is 24.3 Å². The minimum Gasteiger partial charge on any atom is -0.395 e. The monoisotopic (exact) mass is 236 g/mol. The number of ketones is 1. The number of nitrogens with zero attached hydrogens (tertiary/aromatic N) is 1. The van der Waals surface area contributed by atoms with Crippen LogP contribution in [0, 0.1) is 0 Å². The number of hydrogen-bond acceptors (Lipinski definition) is 4. The molecule has 1 rings (SSSR count). The first-order chi connectivity index (χ1) is 8.06. The van der Waals surface area contributed by atoms with E-state index in [0.717, 1.165) is 5.69 Å². The minimum absolute atomic E-state index is 0.0837. The molecule has 92 valence electrons. The van der Waals surface area contributed by atoms with Crippen molar-refractivity contribution in [2.24, 2.45) is 0 Å². The number of hydrogen-bond donors (Lipinski definition) is 2. The molecule has 0 aromatic heterocycles. The zero-order valence-electron chi connectivity index (χ0n) is 9.93. The Hall–Kier alpha value is -1.88. The lowest BCUT2D eigenvalue weighted by Crippen LogP contribution is -2.33. The molecule has 17 heavy (non-hydrogen) atoms. The van der Waals surface area contributed by atoms with Crippen molar-refractivity contribution in [3.8, 4) is 0 Å². The normalized spacial score (nSPS) is 9.82. The summed E-state index contributed by atoms with van der Waals surface area (Å²) in [7, 11) is 3.79. The summed E-state index contributed by atoms with van der Waals surface area (Å²) < 4.78 is 0. The lowest BCUT2D eigenvalue weighted by atomic mass is 10.1. The molecule has 1 aromatic rings. The second-order valence-electron chi connectivity index (χ2n) is 3.75. The van der Waals surface area contributed by atoms with E-state index >= 15 is 0 Å². The Kier molecular flexibility index (Phi) is 4.66. The zero-order chi connectivity index (χ0) is 12.8. The fourth-order valence-corrected chi connectivity index (χ4v) is 1.29. The molecule has 0 bridgehead atoms. The summed E-state index contributed by atoms with van der Waals surface area (Å²) in [5.41, 5.74) is 1.29. The highest BCUT2D eigenvalue weighted by molar-refractivity contribution is 6.42. The number of anilines is 1. The van der Waals surface area contributed by atoms with Crippen molar-refractivity contribution in [3.63, 3.8) is 0 Å². The van der Waals surface area contributed by atoms with Gasteiger partial charge in [0.2, 0.25) is 5.78 Å².